The predicted molar refractivity (Wildman–Crippen MR) is 83.1 cm³/mol. The molecule has 5 heteroatoms. The van der Waals surface area contributed by atoms with Gasteiger partial charge in [-0.25, -0.2) is 0 Å². The summed E-state index contributed by atoms with van der Waals surface area (Å²) in [5.74, 6) is -0.108. The summed E-state index contributed by atoms with van der Waals surface area (Å²) in [6.07, 6.45) is 2.00. The van der Waals surface area contributed by atoms with Crippen molar-refractivity contribution in [2.24, 2.45) is 5.73 Å². The van der Waals surface area contributed by atoms with E-state index in [0.29, 0.717) is 0 Å². The minimum Gasteiger partial charge on any atom is -0.368 e. The van der Waals surface area contributed by atoms with Crippen LogP contribution >= 0.6 is 11.6 Å². The molecule has 1 aliphatic rings. The topological polar surface area (TPSA) is 58.4 Å². The summed E-state index contributed by atoms with van der Waals surface area (Å²) in [5.41, 5.74) is 6.01. The largest absolute Gasteiger partial charge is 0.368 e. The van der Waals surface area contributed by atoms with E-state index < -0.39 is 5.54 Å². The summed E-state index contributed by atoms with van der Waals surface area (Å²) in [6.45, 7) is 5.17. The molecule has 1 aromatic rings. The maximum Gasteiger partial charge on any atom is 0.239 e. The van der Waals surface area contributed by atoms with Gasteiger partial charge in [-0.3, -0.25) is 4.79 Å². The van der Waals surface area contributed by atoms with Crippen molar-refractivity contribution in [3.8, 4) is 0 Å². The predicted octanol–water partition coefficient (Wildman–Crippen LogP) is 2.16. The van der Waals surface area contributed by atoms with Gasteiger partial charge in [0, 0.05) is 19.1 Å². The molecule has 3 N–H and O–H groups in total. The van der Waals surface area contributed by atoms with Crippen LogP contribution in [0.25, 0.3) is 0 Å². The SMILES string of the molecule is CC(C)(N)C(=O)NC1CCCN(c2ccccc2Cl)C1. The quantitative estimate of drug-likeness (QED) is 0.898. The van der Waals surface area contributed by atoms with Crippen LogP contribution in [0.3, 0.4) is 0 Å². The number of benzene rings is 1. The highest BCUT2D eigenvalue weighted by molar-refractivity contribution is 6.33. The van der Waals surface area contributed by atoms with Crippen LogP contribution in [0.15, 0.2) is 24.3 Å². The molecule has 2 rings (SSSR count). The molecule has 1 amide bonds. The highest BCUT2D eigenvalue weighted by Gasteiger charge is 2.27. The Morgan fingerprint density at radius 1 is 1.45 bits per heavy atom. The molecular weight excluding hydrogens is 274 g/mol. The maximum absolute atomic E-state index is 12.0. The van der Waals surface area contributed by atoms with Gasteiger partial charge in [0.2, 0.25) is 5.91 Å². The Labute approximate surface area is 125 Å². The number of anilines is 1. The zero-order valence-corrected chi connectivity index (χ0v) is 12.8. The smallest absolute Gasteiger partial charge is 0.239 e. The second-order valence-electron chi connectivity index (χ2n) is 5.93. The molecule has 0 aliphatic carbocycles. The van der Waals surface area contributed by atoms with Crippen LogP contribution in [-0.4, -0.2) is 30.6 Å². The number of rotatable bonds is 3. The molecule has 0 spiro atoms. The fourth-order valence-corrected chi connectivity index (χ4v) is 2.65. The summed E-state index contributed by atoms with van der Waals surface area (Å²) in [7, 11) is 0. The van der Waals surface area contributed by atoms with E-state index in [4.69, 9.17) is 17.3 Å². The number of amides is 1. The number of halogens is 1. The molecule has 0 radical (unpaired) electrons. The molecule has 1 fully saturated rings. The fraction of sp³-hybridized carbons (Fsp3) is 0.533. The zero-order valence-electron chi connectivity index (χ0n) is 12.0. The van der Waals surface area contributed by atoms with Gasteiger partial charge in [0.1, 0.15) is 0 Å². The van der Waals surface area contributed by atoms with Crippen molar-refractivity contribution in [3.05, 3.63) is 29.3 Å². The van der Waals surface area contributed by atoms with Gasteiger partial charge in [-0.2, -0.15) is 0 Å². The van der Waals surface area contributed by atoms with Crippen LogP contribution in [0.4, 0.5) is 5.69 Å². The molecule has 1 aromatic carbocycles. The molecule has 110 valence electrons. The second kappa shape index (κ2) is 6.02. The third kappa shape index (κ3) is 3.64. The summed E-state index contributed by atoms with van der Waals surface area (Å²) in [5, 5.41) is 3.78. The molecule has 1 unspecified atom stereocenters. The van der Waals surface area contributed by atoms with E-state index in [1.807, 2.05) is 24.3 Å². The van der Waals surface area contributed by atoms with Crippen molar-refractivity contribution in [2.75, 3.05) is 18.0 Å². The van der Waals surface area contributed by atoms with Crippen LogP contribution in [0.1, 0.15) is 26.7 Å². The molecule has 0 aromatic heterocycles. The Morgan fingerprint density at radius 3 is 2.80 bits per heavy atom. The van der Waals surface area contributed by atoms with Crippen molar-refractivity contribution < 1.29 is 4.79 Å². The minimum atomic E-state index is -0.841. The molecule has 1 atom stereocenters. The first-order valence-electron chi connectivity index (χ1n) is 6.97. The van der Waals surface area contributed by atoms with Crippen molar-refractivity contribution in [2.45, 2.75) is 38.3 Å². The Balaban J connectivity index is 2.03. The monoisotopic (exact) mass is 295 g/mol. The van der Waals surface area contributed by atoms with E-state index in [9.17, 15) is 4.79 Å². The van der Waals surface area contributed by atoms with E-state index in [-0.39, 0.29) is 11.9 Å². The molecule has 0 saturated carbocycles. The number of hydrogen-bond donors (Lipinski definition) is 2. The van der Waals surface area contributed by atoms with E-state index >= 15 is 0 Å². The maximum atomic E-state index is 12.0. The van der Waals surface area contributed by atoms with Crippen LogP contribution in [0, 0.1) is 0 Å². The van der Waals surface area contributed by atoms with Crippen LogP contribution < -0.4 is 16.0 Å². The number of carbonyl (C=O) groups excluding carboxylic acids is 1. The van der Waals surface area contributed by atoms with Gasteiger partial charge in [0.05, 0.1) is 16.2 Å². The summed E-state index contributed by atoms with van der Waals surface area (Å²) < 4.78 is 0. The van der Waals surface area contributed by atoms with Gasteiger partial charge in [-0.05, 0) is 38.8 Å². The van der Waals surface area contributed by atoms with Crippen LogP contribution in [-0.2, 0) is 4.79 Å². The zero-order chi connectivity index (χ0) is 14.8. The van der Waals surface area contributed by atoms with Crippen molar-refractivity contribution in [1.82, 2.24) is 5.32 Å². The van der Waals surface area contributed by atoms with Crippen molar-refractivity contribution in [3.63, 3.8) is 0 Å². The lowest BCUT2D eigenvalue weighted by atomic mass is 10.0. The number of hydrogen-bond acceptors (Lipinski definition) is 3. The standard InChI is InChI=1S/C15H22ClN3O/c1-15(2,17)14(20)18-11-6-5-9-19(10-11)13-8-4-3-7-12(13)16/h3-4,7-8,11H,5-6,9-10,17H2,1-2H3,(H,18,20). The first-order valence-corrected chi connectivity index (χ1v) is 7.35. The van der Waals surface area contributed by atoms with E-state index in [1.54, 1.807) is 13.8 Å². The number of carbonyl (C=O) groups is 1. The summed E-state index contributed by atoms with van der Waals surface area (Å²) in [4.78, 5) is 14.2. The van der Waals surface area contributed by atoms with Gasteiger partial charge in [-0.1, -0.05) is 23.7 Å². The number of nitrogens with one attached hydrogen (secondary N) is 1. The Bertz CT molecular complexity index is 484. The third-order valence-electron chi connectivity index (χ3n) is 3.53. The number of nitrogens with two attached hydrogens (primary N) is 1. The highest BCUT2D eigenvalue weighted by atomic mass is 35.5. The summed E-state index contributed by atoms with van der Waals surface area (Å²) in [6, 6.07) is 7.93. The second-order valence-corrected chi connectivity index (χ2v) is 6.34. The Hall–Kier alpha value is -1.26. The van der Waals surface area contributed by atoms with Gasteiger partial charge >= 0.3 is 0 Å². The normalized spacial score (nSPS) is 19.8. The average Bonchev–Trinajstić information content (AvgIpc) is 2.38. The van der Waals surface area contributed by atoms with Gasteiger partial charge < -0.3 is 16.0 Å². The van der Waals surface area contributed by atoms with E-state index in [0.717, 1.165) is 36.6 Å². The lowest BCUT2D eigenvalue weighted by molar-refractivity contribution is -0.126. The Morgan fingerprint density at radius 2 is 2.15 bits per heavy atom. The number of piperidine rings is 1. The molecule has 4 nitrogen and oxygen atoms in total. The van der Waals surface area contributed by atoms with Crippen LogP contribution in [0.5, 0.6) is 0 Å². The first-order chi connectivity index (χ1) is 9.38. The molecular formula is C15H22ClN3O. The third-order valence-corrected chi connectivity index (χ3v) is 3.85. The minimum absolute atomic E-state index is 0.108. The molecule has 20 heavy (non-hydrogen) atoms. The average molecular weight is 296 g/mol. The van der Waals surface area contributed by atoms with Gasteiger partial charge in [0.15, 0.2) is 0 Å². The van der Waals surface area contributed by atoms with Gasteiger partial charge in [-0.15, -0.1) is 0 Å². The highest BCUT2D eigenvalue weighted by Crippen LogP contribution is 2.27. The van der Waals surface area contributed by atoms with Crippen molar-refractivity contribution >= 4 is 23.2 Å². The molecule has 1 heterocycles. The fourth-order valence-electron chi connectivity index (χ4n) is 2.39. The van der Waals surface area contributed by atoms with E-state index in [2.05, 4.69) is 10.2 Å². The number of para-hydroxylation sites is 1. The first kappa shape index (κ1) is 15.1. The van der Waals surface area contributed by atoms with E-state index in [1.165, 1.54) is 0 Å². The molecule has 1 aliphatic heterocycles. The molecule has 0 bridgehead atoms. The van der Waals surface area contributed by atoms with Crippen molar-refractivity contribution in [1.29, 1.82) is 0 Å². The van der Waals surface area contributed by atoms with Gasteiger partial charge in [0.25, 0.3) is 0 Å². The summed E-state index contributed by atoms with van der Waals surface area (Å²) >= 11 is 6.23. The lowest BCUT2D eigenvalue weighted by Gasteiger charge is -2.36. The lowest BCUT2D eigenvalue weighted by Crippen LogP contribution is -2.56. The Kier molecular flexibility index (Phi) is 4.55. The molecule has 1 saturated heterocycles. The number of nitrogens with zero attached hydrogens (tertiary/aromatic N) is 1. The van der Waals surface area contributed by atoms with Crippen LogP contribution in [0.2, 0.25) is 5.02 Å².